The van der Waals surface area contributed by atoms with Gasteiger partial charge in [0.05, 0.1) is 16.4 Å². The fourth-order valence-electron chi connectivity index (χ4n) is 2.53. The van der Waals surface area contributed by atoms with Gasteiger partial charge in [0, 0.05) is 23.4 Å². The van der Waals surface area contributed by atoms with Crippen molar-refractivity contribution in [2.24, 2.45) is 0 Å². The van der Waals surface area contributed by atoms with Crippen LogP contribution in [0.25, 0.3) is 11.3 Å². The first kappa shape index (κ1) is 18.6. The molecule has 0 aliphatic heterocycles. The first-order valence-electron chi connectivity index (χ1n) is 7.99. The van der Waals surface area contributed by atoms with Gasteiger partial charge in [-0.15, -0.1) is 0 Å². The molecule has 8 heteroatoms. The molecule has 1 amide bonds. The van der Waals surface area contributed by atoms with Crippen LogP contribution in [0, 0.1) is 10.1 Å². The number of nitro groups is 1. The third-order valence-corrected chi connectivity index (χ3v) is 4.16. The van der Waals surface area contributed by atoms with Gasteiger partial charge in [0.1, 0.15) is 18.1 Å². The van der Waals surface area contributed by atoms with Crippen molar-refractivity contribution in [2.75, 3.05) is 5.32 Å². The van der Waals surface area contributed by atoms with Crippen molar-refractivity contribution in [1.82, 2.24) is 0 Å². The molecule has 2 N–H and O–H groups in total. The second-order valence-corrected chi connectivity index (χ2v) is 6.17. The molecule has 0 fully saturated rings. The molecular formula is C19H15ClN2O5. The number of furan rings is 1. The number of carbonyl (C=O) groups is 1. The molecule has 0 radical (unpaired) electrons. The van der Waals surface area contributed by atoms with Crippen molar-refractivity contribution in [3.8, 4) is 11.3 Å². The molecule has 0 spiro atoms. The monoisotopic (exact) mass is 386 g/mol. The molecule has 0 bridgehead atoms. The fraction of sp³-hybridized carbons (Fsp3) is 0.105. The van der Waals surface area contributed by atoms with Gasteiger partial charge in [-0.1, -0.05) is 23.7 Å². The highest BCUT2D eigenvalue weighted by Crippen LogP contribution is 2.31. The van der Waals surface area contributed by atoms with Gasteiger partial charge in [0.25, 0.3) is 5.69 Å². The van der Waals surface area contributed by atoms with E-state index in [4.69, 9.17) is 21.1 Å². The van der Waals surface area contributed by atoms with Gasteiger partial charge in [-0.2, -0.15) is 0 Å². The number of aliphatic hydroxyl groups excluding tert-OH is 1. The van der Waals surface area contributed by atoms with E-state index < -0.39 is 4.92 Å². The third kappa shape index (κ3) is 4.52. The summed E-state index contributed by atoms with van der Waals surface area (Å²) in [5.41, 5.74) is 1.80. The van der Waals surface area contributed by atoms with E-state index in [2.05, 4.69) is 5.32 Å². The Bertz CT molecular complexity index is 982. The minimum Gasteiger partial charge on any atom is -0.459 e. The van der Waals surface area contributed by atoms with Crippen LogP contribution in [0.2, 0.25) is 5.02 Å². The third-order valence-electron chi connectivity index (χ3n) is 3.85. The lowest BCUT2D eigenvalue weighted by atomic mass is 10.1. The number of benzene rings is 2. The van der Waals surface area contributed by atoms with Gasteiger partial charge in [-0.3, -0.25) is 14.9 Å². The average molecular weight is 387 g/mol. The zero-order chi connectivity index (χ0) is 19.4. The number of nitrogens with zero attached hydrogens (tertiary/aromatic N) is 1. The molecule has 2 aromatic carbocycles. The van der Waals surface area contributed by atoms with E-state index in [1.165, 1.54) is 12.1 Å². The summed E-state index contributed by atoms with van der Waals surface area (Å²) in [7, 11) is 0. The maximum atomic E-state index is 12.2. The lowest BCUT2D eigenvalue weighted by Gasteiger charge is -2.08. The number of amides is 1. The SMILES string of the molecule is O=C(Cc1ccc([N+](=O)[O-])cc1)Nc1ccc(-c2ccc(CO)o2)c(Cl)c1. The average Bonchev–Trinajstić information content (AvgIpc) is 3.11. The van der Waals surface area contributed by atoms with Gasteiger partial charge in [-0.25, -0.2) is 0 Å². The van der Waals surface area contributed by atoms with Crippen LogP contribution in [0.5, 0.6) is 0 Å². The normalized spacial score (nSPS) is 10.6. The topological polar surface area (TPSA) is 106 Å². The number of rotatable bonds is 6. The van der Waals surface area contributed by atoms with Crippen LogP contribution in [0.1, 0.15) is 11.3 Å². The summed E-state index contributed by atoms with van der Waals surface area (Å²) in [5.74, 6) is 0.683. The number of hydrogen-bond acceptors (Lipinski definition) is 5. The van der Waals surface area contributed by atoms with E-state index in [9.17, 15) is 14.9 Å². The number of anilines is 1. The molecule has 138 valence electrons. The van der Waals surface area contributed by atoms with Crippen LogP contribution in [-0.4, -0.2) is 15.9 Å². The van der Waals surface area contributed by atoms with Crippen molar-refractivity contribution < 1.29 is 19.2 Å². The van der Waals surface area contributed by atoms with E-state index >= 15 is 0 Å². The van der Waals surface area contributed by atoms with Crippen LogP contribution >= 0.6 is 11.6 Å². The molecule has 1 heterocycles. The zero-order valence-corrected chi connectivity index (χ0v) is 14.8. The van der Waals surface area contributed by atoms with Gasteiger partial charge < -0.3 is 14.8 Å². The van der Waals surface area contributed by atoms with Crippen LogP contribution in [0.4, 0.5) is 11.4 Å². The molecule has 27 heavy (non-hydrogen) atoms. The fourth-order valence-corrected chi connectivity index (χ4v) is 2.80. The maximum Gasteiger partial charge on any atom is 0.269 e. The summed E-state index contributed by atoms with van der Waals surface area (Å²) in [5, 5.41) is 22.8. The number of halogens is 1. The molecule has 0 saturated carbocycles. The Morgan fingerprint density at radius 1 is 1.15 bits per heavy atom. The second kappa shape index (κ2) is 8.03. The van der Waals surface area contributed by atoms with E-state index in [-0.39, 0.29) is 24.6 Å². The lowest BCUT2D eigenvalue weighted by Crippen LogP contribution is -2.14. The molecular weight excluding hydrogens is 372 g/mol. The minimum atomic E-state index is -0.490. The number of hydrogen-bond donors (Lipinski definition) is 2. The molecule has 3 aromatic rings. The zero-order valence-electron chi connectivity index (χ0n) is 14.0. The number of carbonyl (C=O) groups excluding carboxylic acids is 1. The summed E-state index contributed by atoms with van der Waals surface area (Å²) in [6.45, 7) is -0.200. The van der Waals surface area contributed by atoms with Crippen LogP contribution in [0.15, 0.2) is 59.0 Å². The molecule has 7 nitrogen and oxygen atoms in total. The van der Waals surface area contributed by atoms with E-state index in [1.807, 2.05) is 0 Å². The molecule has 0 unspecified atom stereocenters. The number of nitro benzene ring substituents is 1. The van der Waals surface area contributed by atoms with Crippen molar-refractivity contribution in [3.63, 3.8) is 0 Å². The molecule has 0 aliphatic carbocycles. The molecule has 0 saturated heterocycles. The quantitative estimate of drug-likeness (QED) is 0.488. The molecule has 0 atom stereocenters. The Kier molecular flexibility index (Phi) is 5.54. The number of aliphatic hydroxyl groups is 1. The number of non-ortho nitro benzene ring substituents is 1. The highest BCUT2D eigenvalue weighted by atomic mass is 35.5. The Morgan fingerprint density at radius 3 is 2.48 bits per heavy atom. The van der Waals surface area contributed by atoms with Gasteiger partial charge >= 0.3 is 0 Å². The van der Waals surface area contributed by atoms with Gasteiger partial charge in [-0.05, 0) is 35.9 Å². The summed E-state index contributed by atoms with van der Waals surface area (Å²) < 4.78 is 5.46. The van der Waals surface area contributed by atoms with E-state index in [0.717, 1.165) is 0 Å². The summed E-state index contributed by atoms with van der Waals surface area (Å²) >= 11 is 6.27. The maximum absolute atomic E-state index is 12.2. The Hall–Kier alpha value is -3.16. The summed E-state index contributed by atoms with van der Waals surface area (Å²) in [4.78, 5) is 22.3. The van der Waals surface area contributed by atoms with Crippen LogP contribution < -0.4 is 5.32 Å². The highest BCUT2D eigenvalue weighted by molar-refractivity contribution is 6.33. The lowest BCUT2D eigenvalue weighted by molar-refractivity contribution is -0.384. The predicted octanol–water partition coefficient (Wildman–Crippen LogP) is 4.18. The van der Waals surface area contributed by atoms with Crippen molar-refractivity contribution in [3.05, 3.63) is 81.1 Å². The van der Waals surface area contributed by atoms with E-state index in [1.54, 1.807) is 42.5 Å². The van der Waals surface area contributed by atoms with Crippen LogP contribution in [-0.2, 0) is 17.8 Å². The summed E-state index contributed by atoms with van der Waals surface area (Å²) in [6.07, 6.45) is 0.0788. The smallest absolute Gasteiger partial charge is 0.269 e. The predicted molar refractivity (Wildman–Crippen MR) is 101 cm³/mol. The van der Waals surface area contributed by atoms with Crippen LogP contribution in [0.3, 0.4) is 0 Å². The van der Waals surface area contributed by atoms with Gasteiger partial charge in [0.15, 0.2) is 0 Å². The standard InChI is InChI=1S/C19H15ClN2O5/c20-17-10-13(3-7-16(17)18-8-6-15(11-23)27-18)21-19(24)9-12-1-4-14(5-2-12)22(25)26/h1-8,10,23H,9,11H2,(H,21,24). The van der Waals surface area contributed by atoms with Gasteiger partial charge in [0.2, 0.25) is 5.91 Å². The number of nitrogens with one attached hydrogen (secondary N) is 1. The molecule has 1 aromatic heterocycles. The van der Waals surface area contributed by atoms with Crippen molar-refractivity contribution in [1.29, 1.82) is 0 Å². The Morgan fingerprint density at radius 2 is 1.89 bits per heavy atom. The van der Waals surface area contributed by atoms with Crippen molar-refractivity contribution in [2.45, 2.75) is 13.0 Å². The largest absolute Gasteiger partial charge is 0.459 e. The minimum absolute atomic E-state index is 0.0242. The first-order valence-corrected chi connectivity index (χ1v) is 8.37. The van der Waals surface area contributed by atoms with E-state index in [0.29, 0.717) is 33.4 Å². The summed E-state index contributed by atoms with van der Waals surface area (Å²) in [6, 6.07) is 14.2. The Labute approximate surface area is 159 Å². The second-order valence-electron chi connectivity index (χ2n) is 5.77. The highest BCUT2D eigenvalue weighted by Gasteiger charge is 2.11. The first-order chi connectivity index (χ1) is 13.0. The Balaban J connectivity index is 1.67. The van der Waals surface area contributed by atoms with Crippen molar-refractivity contribution >= 4 is 28.9 Å². The molecule has 0 aliphatic rings. The molecule has 3 rings (SSSR count).